The molecule has 2 heterocycles. The van der Waals surface area contributed by atoms with Crippen LogP contribution in [-0.4, -0.2) is 30.0 Å². The van der Waals surface area contributed by atoms with Gasteiger partial charge in [-0.2, -0.15) is 0 Å². The maximum Gasteiger partial charge on any atom is 0.0714 e. The van der Waals surface area contributed by atoms with E-state index in [9.17, 15) is 0 Å². The van der Waals surface area contributed by atoms with Gasteiger partial charge in [0.15, 0.2) is 0 Å². The number of rotatable bonds is 3. The van der Waals surface area contributed by atoms with Crippen molar-refractivity contribution in [1.29, 1.82) is 0 Å². The Morgan fingerprint density at radius 3 is 2.81 bits per heavy atom. The number of aryl methyl sites for hydroxylation is 2. The monoisotopic (exact) mass is 283 g/mol. The topological polar surface area (TPSA) is 28.2 Å². The first-order valence-electron chi connectivity index (χ1n) is 7.92. The predicted molar refractivity (Wildman–Crippen MR) is 88.6 cm³/mol. The fourth-order valence-electron chi connectivity index (χ4n) is 3.57. The van der Waals surface area contributed by atoms with Crippen LogP contribution in [-0.2, 0) is 19.5 Å². The van der Waals surface area contributed by atoms with E-state index in [1.54, 1.807) is 0 Å². The zero-order valence-corrected chi connectivity index (χ0v) is 13.6. The molecule has 1 aliphatic rings. The summed E-state index contributed by atoms with van der Waals surface area (Å²) in [5, 5.41) is 4.71. The SMILES string of the molecule is CCN1CCc2nc3cc(C)cc(C)c3c(CNC)c2C1. The number of hydrogen-bond donors (Lipinski definition) is 1. The molecule has 112 valence electrons. The fourth-order valence-corrected chi connectivity index (χ4v) is 3.57. The van der Waals surface area contributed by atoms with Gasteiger partial charge in [0.2, 0.25) is 0 Å². The van der Waals surface area contributed by atoms with Crippen molar-refractivity contribution in [3.05, 3.63) is 40.1 Å². The Morgan fingerprint density at radius 1 is 1.29 bits per heavy atom. The van der Waals surface area contributed by atoms with Crippen LogP contribution < -0.4 is 5.32 Å². The molecule has 0 bridgehead atoms. The molecule has 3 rings (SSSR count). The number of likely N-dealkylation sites (N-methyl/N-ethyl adjacent to an activating group) is 1. The molecule has 1 aromatic carbocycles. The first-order chi connectivity index (χ1) is 10.1. The Labute approximate surface area is 127 Å². The molecule has 0 fully saturated rings. The second-order valence-corrected chi connectivity index (χ2v) is 6.14. The quantitative estimate of drug-likeness (QED) is 0.938. The molecule has 0 spiro atoms. The third-order valence-electron chi connectivity index (χ3n) is 4.58. The molecule has 1 aliphatic heterocycles. The Kier molecular flexibility index (Phi) is 3.96. The highest BCUT2D eigenvalue weighted by Gasteiger charge is 2.22. The van der Waals surface area contributed by atoms with Gasteiger partial charge in [-0.15, -0.1) is 0 Å². The van der Waals surface area contributed by atoms with E-state index in [1.807, 2.05) is 7.05 Å². The van der Waals surface area contributed by atoms with Crippen LogP contribution in [0.15, 0.2) is 12.1 Å². The lowest BCUT2D eigenvalue weighted by Crippen LogP contribution is -2.32. The number of nitrogens with zero attached hydrogens (tertiary/aromatic N) is 2. The molecule has 1 aromatic heterocycles. The van der Waals surface area contributed by atoms with Gasteiger partial charge < -0.3 is 5.32 Å². The summed E-state index contributed by atoms with van der Waals surface area (Å²) in [4.78, 5) is 7.51. The van der Waals surface area contributed by atoms with E-state index < -0.39 is 0 Å². The Hall–Kier alpha value is -1.45. The van der Waals surface area contributed by atoms with Crippen LogP contribution in [0, 0.1) is 13.8 Å². The zero-order chi connectivity index (χ0) is 15.0. The molecule has 2 aromatic rings. The molecule has 21 heavy (non-hydrogen) atoms. The first kappa shape index (κ1) is 14.5. The van der Waals surface area contributed by atoms with Crippen LogP contribution in [0.4, 0.5) is 0 Å². The molecule has 0 atom stereocenters. The highest BCUT2D eigenvalue weighted by Crippen LogP contribution is 2.30. The molecular weight excluding hydrogens is 258 g/mol. The van der Waals surface area contributed by atoms with Gasteiger partial charge in [0.25, 0.3) is 0 Å². The third-order valence-corrected chi connectivity index (χ3v) is 4.58. The molecule has 0 radical (unpaired) electrons. The molecule has 0 aliphatic carbocycles. The van der Waals surface area contributed by atoms with Crippen molar-refractivity contribution in [2.24, 2.45) is 0 Å². The van der Waals surface area contributed by atoms with E-state index in [4.69, 9.17) is 4.98 Å². The summed E-state index contributed by atoms with van der Waals surface area (Å²) in [7, 11) is 2.03. The normalized spacial score (nSPS) is 15.4. The number of nitrogens with one attached hydrogen (secondary N) is 1. The average molecular weight is 283 g/mol. The van der Waals surface area contributed by atoms with Crippen molar-refractivity contribution < 1.29 is 0 Å². The molecule has 3 heteroatoms. The summed E-state index contributed by atoms with van der Waals surface area (Å²) in [5.74, 6) is 0. The van der Waals surface area contributed by atoms with Crippen molar-refractivity contribution in [1.82, 2.24) is 15.2 Å². The second kappa shape index (κ2) is 5.74. The van der Waals surface area contributed by atoms with Gasteiger partial charge in [0, 0.05) is 37.1 Å². The lowest BCUT2D eigenvalue weighted by Gasteiger charge is -2.30. The summed E-state index contributed by atoms with van der Waals surface area (Å²) in [5.41, 5.74) is 8.03. The predicted octanol–water partition coefficient (Wildman–Crippen LogP) is 2.95. The fraction of sp³-hybridized carbons (Fsp3) is 0.500. The van der Waals surface area contributed by atoms with Crippen molar-refractivity contribution in [3.8, 4) is 0 Å². The van der Waals surface area contributed by atoms with Crippen LogP contribution in [0.2, 0.25) is 0 Å². The molecule has 0 saturated carbocycles. The molecule has 3 nitrogen and oxygen atoms in total. The van der Waals surface area contributed by atoms with Crippen molar-refractivity contribution in [2.45, 2.75) is 40.3 Å². The van der Waals surface area contributed by atoms with E-state index in [0.717, 1.165) is 32.6 Å². The lowest BCUT2D eigenvalue weighted by molar-refractivity contribution is 0.265. The van der Waals surface area contributed by atoms with Gasteiger partial charge >= 0.3 is 0 Å². The summed E-state index contributed by atoms with van der Waals surface area (Å²) in [6, 6.07) is 4.50. The average Bonchev–Trinajstić information content (AvgIpc) is 2.46. The maximum atomic E-state index is 4.99. The smallest absolute Gasteiger partial charge is 0.0714 e. The molecule has 0 saturated heterocycles. The minimum atomic E-state index is 0.919. The van der Waals surface area contributed by atoms with Crippen molar-refractivity contribution in [2.75, 3.05) is 20.1 Å². The molecule has 1 N–H and O–H groups in total. The van der Waals surface area contributed by atoms with Crippen molar-refractivity contribution in [3.63, 3.8) is 0 Å². The number of pyridine rings is 1. The standard InChI is InChI=1S/C18H25N3/c1-5-21-7-6-16-15(11-21)14(10-19-4)18-13(3)8-12(2)9-17(18)20-16/h8-9,19H,5-7,10-11H2,1-4H3. The first-order valence-corrected chi connectivity index (χ1v) is 7.92. The lowest BCUT2D eigenvalue weighted by atomic mass is 9.93. The Bertz CT molecular complexity index is 676. The van der Waals surface area contributed by atoms with Crippen LogP contribution >= 0.6 is 0 Å². The minimum Gasteiger partial charge on any atom is -0.316 e. The van der Waals surface area contributed by atoms with Crippen LogP contribution in [0.25, 0.3) is 10.9 Å². The number of fused-ring (bicyclic) bond motifs is 2. The van der Waals surface area contributed by atoms with Gasteiger partial charge in [-0.05, 0) is 55.8 Å². The minimum absolute atomic E-state index is 0.919. The highest BCUT2D eigenvalue weighted by molar-refractivity contribution is 5.87. The highest BCUT2D eigenvalue weighted by atomic mass is 15.1. The van der Waals surface area contributed by atoms with Gasteiger partial charge in [0.1, 0.15) is 0 Å². The van der Waals surface area contributed by atoms with Crippen LogP contribution in [0.1, 0.15) is 34.9 Å². The number of benzene rings is 1. The number of hydrogen-bond acceptors (Lipinski definition) is 3. The number of aromatic nitrogens is 1. The Morgan fingerprint density at radius 2 is 2.10 bits per heavy atom. The van der Waals surface area contributed by atoms with E-state index in [-0.39, 0.29) is 0 Å². The summed E-state index contributed by atoms with van der Waals surface area (Å²) in [6.07, 6.45) is 1.07. The molecule has 0 unspecified atom stereocenters. The van der Waals surface area contributed by atoms with Gasteiger partial charge in [0.05, 0.1) is 5.52 Å². The largest absolute Gasteiger partial charge is 0.316 e. The summed E-state index contributed by atoms with van der Waals surface area (Å²) < 4.78 is 0. The van der Waals surface area contributed by atoms with Crippen molar-refractivity contribution >= 4 is 10.9 Å². The molecular formula is C18H25N3. The summed E-state index contributed by atoms with van der Waals surface area (Å²) in [6.45, 7) is 10.8. The van der Waals surface area contributed by atoms with Gasteiger partial charge in [-0.3, -0.25) is 9.88 Å². The van der Waals surface area contributed by atoms with Gasteiger partial charge in [-0.25, -0.2) is 0 Å². The van der Waals surface area contributed by atoms with Crippen LogP contribution in [0.3, 0.4) is 0 Å². The third kappa shape index (κ3) is 2.56. The maximum absolute atomic E-state index is 4.99. The van der Waals surface area contributed by atoms with Gasteiger partial charge in [-0.1, -0.05) is 13.0 Å². The van der Waals surface area contributed by atoms with E-state index in [1.165, 1.54) is 38.9 Å². The molecule has 0 amide bonds. The van der Waals surface area contributed by atoms with Crippen LogP contribution in [0.5, 0.6) is 0 Å². The summed E-state index contributed by atoms with van der Waals surface area (Å²) >= 11 is 0. The second-order valence-electron chi connectivity index (χ2n) is 6.14. The van der Waals surface area contributed by atoms with E-state index in [0.29, 0.717) is 0 Å². The Balaban J connectivity index is 2.27. The zero-order valence-electron chi connectivity index (χ0n) is 13.6. The van der Waals surface area contributed by atoms with E-state index in [2.05, 4.69) is 43.1 Å². The van der Waals surface area contributed by atoms with E-state index >= 15 is 0 Å².